The summed E-state index contributed by atoms with van der Waals surface area (Å²) < 4.78 is 23.1. The summed E-state index contributed by atoms with van der Waals surface area (Å²) in [6.45, 7) is 1.50. The lowest BCUT2D eigenvalue weighted by Gasteiger charge is -2.34. The molecule has 0 saturated carbocycles. The first kappa shape index (κ1) is 17.3. The summed E-state index contributed by atoms with van der Waals surface area (Å²) in [5.74, 6) is 2.20. The molecule has 0 radical (unpaired) electrons. The Morgan fingerprint density at radius 3 is 2.53 bits per heavy atom. The maximum absolute atomic E-state index is 6.23. The molecule has 0 bridgehead atoms. The van der Waals surface area contributed by atoms with Crippen molar-refractivity contribution in [1.29, 1.82) is 0 Å². The van der Waals surface area contributed by atoms with Crippen molar-refractivity contribution in [2.45, 2.75) is 11.6 Å². The lowest BCUT2D eigenvalue weighted by atomic mass is 9.80. The molecule has 0 unspecified atom stereocenters. The highest BCUT2D eigenvalue weighted by molar-refractivity contribution is 5.78. The van der Waals surface area contributed by atoms with E-state index in [9.17, 15) is 0 Å². The van der Waals surface area contributed by atoms with Gasteiger partial charge in [-0.3, -0.25) is 4.98 Å². The van der Waals surface area contributed by atoms with Crippen molar-refractivity contribution in [2.24, 2.45) is 10.7 Å². The zero-order valence-corrected chi connectivity index (χ0v) is 16.1. The number of rotatable bonds is 3. The Kier molecular flexibility index (Phi) is 3.73. The van der Waals surface area contributed by atoms with E-state index in [0.717, 1.165) is 39.5 Å². The molecule has 7 nitrogen and oxygen atoms in total. The van der Waals surface area contributed by atoms with Crippen LogP contribution >= 0.6 is 0 Å². The summed E-state index contributed by atoms with van der Waals surface area (Å²) in [6.07, 6.45) is 3.66. The first-order valence-electron chi connectivity index (χ1n) is 9.81. The first-order valence-corrected chi connectivity index (χ1v) is 9.81. The number of hydrogen-bond donors (Lipinski definition) is 1. The van der Waals surface area contributed by atoms with E-state index < -0.39 is 5.54 Å². The third kappa shape index (κ3) is 2.63. The second-order valence-corrected chi connectivity index (χ2v) is 7.59. The fourth-order valence-corrected chi connectivity index (χ4v) is 4.09. The summed E-state index contributed by atoms with van der Waals surface area (Å²) in [5, 5.41) is 0. The maximum Gasteiger partial charge on any atom is 0.283 e. The molecule has 6 rings (SSSR count). The van der Waals surface area contributed by atoms with Crippen LogP contribution in [0.4, 0.5) is 0 Å². The minimum absolute atomic E-state index is 0.0707. The van der Waals surface area contributed by atoms with Crippen LogP contribution in [0.5, 0.6) is 17.2 Å². The van der Waals surface area contributed by atoms with Crippen molar-refractivity contribution in [1.82, 2.24) is 4.98 Å². The second-order valence-electron chi connectivity index (χ2n) is 7.59. The number of fused-ring (bicyclic) bond motifs is 4. The van der Waals surface area contributed by atoms with E-state index in [4.69, 9.17) is 29.7 Å². The van der Waals surface area contributed by atoms with Gasteiger partial charge in [0.25, 0.3) is 6.02 Å². The van der Waals surface area contributed by atoms with Gasteiger partial charge in [0.1, 0.15) is 30.0 Å². The topological polar surface area (TPSA) is 88.2 Å². The smallest absolute Gasteiger partial charge is 0.283 e. The Morgan fingerprint density at radius 2 is 1.83 bits per heavy atom. The summed E-state index contributed by atoms with van der Waals surface area (Å²) in [5.41, 5.74) is 9.00. The van der Waals surface area contributed by atoms with Gasteiger partial charge in [0.15, 0.2) is 5.54 Å². The van der Waals surface area contributed by atoms with Crippen LogP contribution in [0.1, 0.15) is 11.1 Å². The van der Waals surface area contributed by atoms with Crippen LogP contribution in [0.15, 0.2) is 65.9 Å². The molecule has 3 aliphatic heterocycles. The van der Waals surface area contributed by atoms with E-state index in [0.29, 0.717) is 19.8 Å². The minimum Gasteiger partial charge on any atom is -0.486 e. The fourth-order valence-electron chi connectivity index (χ4n) is 4.09. The van der Waals surface area contributed by atoms with E-state index >= 15 is 0 Å². The van der Waals surface area contributed by atoms with Crippen molar-refractivity contribution in [3.8, 4) is 28.4 Å². The Morgan fingerprint density at radius 1 is 1.00 bits per heavy atom. The molecule has 4 heterocycles. The number of benzene rings is 2. The molecule has 0 amide bonds. The van der Waals surface area contributed by atoms with Gasteiger partial charge in [-0.05, 0) is 42.0 Å². The molecule has 1 aromatic heterocycles. The molecule has 3 aromatic rings. The predicted molar refractivity (Wildman–Crippen MR) is 110 cm³/mol. The fraction of sp³-hybridized carbons (Fsp3) is 0.217. The molecule has 2 N–H and O–H groups in total. The highest BCUT2D eigenvalue weighted by atomic mass is 16.6. The number of nitrogens with two attached hydrogens (primary N) is 1. The molecule has 1 spiro atoms. The third-order valence-electron chi connectivity index (χ3n) is 5.68. The molecule has 1 saturated heterocycles. The van der Waals surface area contributed by atoms with Gasteiger partial charge in [-0.1, -0.05) is 12.1 Å². The van der Waals surface area contributed by atoms with Crippen LogP contribution in [-0.4, -0.2) is 36.9 Å². The van der Waals surface area contributed by atoms with E-state index in [2.05, 4.69) is 11.1 Å². The highest BCUT2D eigenvalue weighted by Crippen LogP contribution is 2.52. The van der Waals surface area contributed by atoms with Crippen molar-refractivity contribution >= 4 is 6.02 Å². The number of aromatic nitrogens is 1. The third-order valence-corrected chi connectivity index (χ3v) is 5.68. The van der Waals surface area contributed by atoms with Crippen LogP contribution in [0.3, 0.4) is 0 Å². The Hall–Kier alpha value is -3.58. The zero-order chi connectivity index (χ0) is 20.1. The molecular formula is C23H19N3O4. The molecular weight excluding hydrogens is 382 g/mol. The standard InChI is InChI=1S/C23H19N3O4/c24-22-26-23(13-28-22)18-8-14(15-2-1-7-25-10-15)3-5-20(18)30-21-6-4-16(9-19(21)23)29-17-11-27-12-17/h1-10,17H,11-13H2,(H2,24,26)/t23-/m0/s1. The maximum atomic E-state index is 6.23. The summed E-state index contributed by atoms with van der Waals surface area (Å²) in [4.78, 5) is 8.98. The van der Waals surface area contributed by atoms with Gasteiger partial charge >= 0.3 is 0 Å². The van der Waals surface area contributed by atoms with Gasteiger partial charge in [-0.15, -0.1) is 0 Å². The SMILES string of the molecule is NC1=N[C@]2(CO1)c1cc(OC3COC3)ccc1Oc1ccc(-c3cccnc3)cc12. The van der Waals surface area contributed by atoms with Crippen LogP contribution < -0.4 is 15.2 Å². The largest absolute Gasteiger partial charge is 0.486 e. The number of aliphatic imine (C=N–C) groups is 1. The van der Waals surface area contributed by atoms with Crippen molar-refractivity contribution < 1.29 is 18.9 Å². The van der Waals surface area contributed by atoms with Crippen LogP contribution in [-0.2, 0) is 15.0 Å². The van der Waals surface area contributed by atoms with Crippen LogP contribution in [0.25, 0.3) is 11.1 Å². The minimum atomic E-state index is -0.791. The second kappa shape index (κ2) is 6.47. The Balaban J connectivity index is 1.50. The first-order chi connectivity index (χ1) is 14.7. The normalized spacial score (nSPS) is 21.7. The average molecular weight is 401 g/mol. The highest BCUT2D eigenvalue weighted by Gasteiger charge is 2.47. The lowest BCUT2D eigenvalue weighted by molar-refractivity contribution is -0.0797. The number of hydrogen-bond acceptors (Lipinski definition) is 7. The van der Waals surface area contributed by atoms with E-state index in [1.165, 1.54) is 0 Å². The monoisotopic (exact) mass is 401 g/mol. The summed E-state index contributed by atoms with van der Waals surface area (Å²) in [6, 6.07) is 15.9. The van der Waals surface area contributed by atoms with Gasteiger partial charge in [0.2, 0.25) is 0 Å². The lowest BCUT2D eigenvalue weighted by Crippen LogP contribution is -2.38. The van der Waals surface area contributed by atoms with Gasteiger partial charge in [0, 0.05) is 29.1 Å². The molecule has 0 aliphatic carbocycles. The Labute approximate surface area is 173 Å². The molecule has 1 fully saturated rings. The molecule has 7 heteroatoms. The summed E-state index contributed by atoms with van der Waals surface area (Å²) >= 11 is 0. The predicted octanol–water partition coefficient (Wildman–Crippen LogP) is 3.22. The van der Waals surface area contributed by atoms with Crippen molar-refractivity contribution in [3.63, 3.8) is 0 Å². The Bertz CT molecular complexity index is 1160. The van der Waals surface area contributed by atoms with Gasteiger partial charge in [-0.25, -0.2) is 4.99 Å². The van der Waals surface area contributed by atoms with Crippen molar-refractivity contribution in [3.05, 3.63) is 72.1 Å². The number of nitrogens with zero attached hydrogens (tertiary/aromatic N) is 2. The van der Waals surface area contributed by atoms with Crippen LogP contribution in [0, 0.1) is 0 Å². The molecule has 150 valence electrons. The zero-order valence-electron chi connectivity index (χ0n) is 16.1. The molecule has 1 atom stereocenters. The van der Waals surface area contributed by atoms with E-state index in [1.54, 1.807) is 6.20 Å². The van der Waals surface area contributed by atoms with Crippen molar-refractivity contribution in [2.75, 3.05) is 19.8 Å². The quantitative estimate of drug-likeness (QED) is 0.725. The average Bonchev–Trinajstić information content (AvgIpc) is 3.14. The van der Waals surface area contributed by atoms with E-state index in [-0.39, 0.29) is 12.1 Å². The van der Waals surface area contributed by atoms with E-state index in [1.807, 2.05) is 48.7 Å². The van der Waals surface area contributed by atoms with Gasteiger partial charge in [0.05, 0.1) is 13.2 Å². The number of amidine groups is 1. The molecule has 2 aromatic carbocycles. The molecule has 3 aliphatic rings. The van der Waals surface area contributed by atoms with Crippen LogP contribution in [0.2, 0.25) is 0 Å². The molecule has 30 heavy (non-hydrogen) atoms. The van der Waals surface area contributed by atoms with Gasteiger partial charge < -0.3 is 24.7 Å². The van der Waals surface area contributed by atoms with Gasteiger partial charge in [-0.2, -0.15) is 0 Å². The number of ether oxygens (including phenoxy) is 4. The number of pyridine rings is 1. The summed E-state index contributed by atoms with van der Waals surface area (Å²) in [7, 11) is 0.